The van der Waals surface area contributed by atoms with Gasteiger partial charge in [0.2, 0.25) is 10.0 Å². The predicted octanol–water partition coefficient (Wildman–Crippen LogP) is -0.421. The molecule has 11 heteroatoms. The Hall–Kier alpha value is -3.05. The lowest BCUT2D eigenvalue weighted by molar-refractivity contribution is 0.0683. The summed E-state index contributed by atoms with van der Waals surface area (Å²) in [4.78, 5) is 30.0. The van der Waals surface area contributed by atoms with E-state index in [4.69, 9.17) is 10.2 Å². The number of sulfonamides is 1. The molecule has 2 rings (SSSR count). The molecule has 0 saturated heterocycles. The van der Waals surface area contributed by atoms with Crippen molar-refractivity contribution in [2.45, 2.75) is 4.90 Å². The van der Waals surface area contributed by atoms with Gasteiger partial charge in [-0.3, -0.25) is 15.6 Å². The first-order chi connectivity index (χ1) is 10.8. The maximum atomic E-state index is 11.9. The molecule has 0 fully saturated rings. The van der Waals surface area contributed by atoms with Crippen molar-refractivity contribution < 1.29 is 23.1 Å². The van der Waals surface area contributed by atoms with Crippen LogP contribution in [0, 0.1) is 0 Å². The number of hydrogen-bond acceptors (Lipinski definition) is 7. The summed E-state index contributed by atoms with van der Waals surface area (Å²) in [5, 5.41) is 13.9. The molecule has 1 heterocycles. The van der Waals surface area contributed by atoms with Gasteiger partial charge < -0.3 is 5.11 Å². The van der Waals surface area contributed by atoms with Crippen LogP contribution in [-0.2, 0) is 10.0 Å². The third-order valence-electron chi connectivity index (χ3n) is 2.62. The van der Waals surface area contributed by atoms with E-state index in [1.54, 1.807) is 0 Å². The fourth-order valence-corrected chi connectivity index (χ4v) is 2.09. The molecule has 120 valence electrons. The van der Waals surface area contributed by atoms with Crippen molar-refractivity contribution in [3.63, 3.8) is 0 Å². The molecule has 1 aromatic carbocycles. The average molecular weight is 337 g/mol. The highest BCUT2D eigenvalue weighted by molar-refractivity contribution is 7.89. The zero-order valence-electron chi connectivity index (χ0n) is 11.4. The number of hydrazine groups is 1. The van der Waals surface area contributed by atoms with Crippen molar-refractivity contribution >= 4 is 27.6 Å². The van der Waals surface area contributed by atoms with Gasteiger partial charge in [0.25, 0.3) is 5.91 Å². The topological polar surface area (TPSA) is 164 Å². The van der Waals surface area contributed by atoms with E-state index in [9.17, 15) is 18.0 Å². The highest BCUT2D eigenvalue weighted by atomic mass is 32.2. The Balaban J connectivity index is 2.09. The average Bonchev–Trinajstić information content (AvgIpc) is 2.52. The van der Waals surface area contributed by atoms with Crippen LogP contribution in [0.5, 0.6) is 0 Å². The number of primary sulfonamides is 1. The number of carbonyl (C=O) groups excluding carboxylic acids is 1. The standard InChI is InChI=1S/C12H11N5O5S/c13-23(21,22)8-3-1-7(2-4-8)16-17-11(18)9-10(12(19)20)15-6-5-14-9/h1-6,16H,(H,17,18)(H,19,20)(H2,13,21,22). The number of amides is 1. The van der Waals surface area contributed by atoms with Gasteiger partial charge in [0.15, 0.2) is 11.4 Å². The number of aromatic carboxylic acids is 1. The molecule has 2 aromatic rings. The van der Waals surface area contributed by atoms with E-state index in [0.717, 1.165) is 6.20 Å². The summed E-state index contributed by atoms with van der Waals surface area (Å²) in [5.74, 6) is -2.20. The minimum absolute atomic E-state index is 0.0866. The Kier molecular flexibility index (Phi) is 4.52. The van der Waals surface area contributed by atoms with Gasteiger partial charge in [0.05, 0.1) is 10.6 Å². The molecule has 1 aromatic heterocycles. The molecule has 1 amide bonds. The van der Waals surface area contributed by atoms with E-state index in [-0.39, 0.29) is 10.6 Å². The molecule has 0 saturated carbocycles. The van der Waals surface area contributed by atoms with E-state index >= 15 is 0 Å². The molecule has 0 spiro atoms. The number of anilines is 1. The van der Waals surface area contributed by atoms with Crippen LogP contribution in [0.25, 0.3) is 0 Å². The van der Waals surface area contributed by atoms with Crippen LogP contribution in [-0.4, -0.2) is 35.4 Å². The zero-order chi connectivity index (χ0) is 17.0. The van der Waals surface area contributed by atoms with Gasteiger partial charge >= 0.3 is 5.97 Å². The van der Waals surface area contributed by atoms with E-state index in [0.29, 0.717) is 5.69 Å². The van der Waals surface area contributed by atoms with E-state index in [1.165, 1.54) is 30.5 Å². The predicted molar refractivity (Wildman–Crippen MR) is 77.9 cm³/mol. The third kappa shape index (κ3) is 3.99. The van der Waals surface area contributed by atoms with Gasteiger partial charge in [-0.1, -0.05) is 0 Å². The number of nitrogens with two attached hydrogens (primary N) is 1. The van der Waals surface area contributed by atoms with Crippen molar-refractivity contribution in [2.24, 2.45) is 5.14 Å². The van der Waals surface area contributed by atoms with Gasteiger partial charge in [-0.05, 0) is 24.3 Å². The van der Waals surface area contributed by atoms with Crippen molar-refractivity contribution in [3.8, 4) is 0 Å². The SMILES string of the molecule is NS(=O)(=O)c1ccc(NNC(=O)c2nccnc2C(=O)O)cc1. The number of nitrogens with zero attached hydrogens (tertiary/aromatic N) is 2. The van der Waals surface area contributed by atoms with E-state index in [2.05, 4.69) is 20.8 Å². The van der Waals surface area contributed by atoms with Crippen molar-refractivity contribution in [3.05, 3.63) is 48.0 Å². The van der Waals surface area contributed by atoms with Crippen molar-refractivity contribution in [1.29, 1.82) is 0 Å². The number of benzene rings is 1. The molecular weight excluding hydrogens is 326 g/mol. The van der Waals surface area contributed by atoms with Crippen molar-refractivity contribution in [2.75, 3.05) is 5.43 Å². The molecular formula is C12H11N5O5S. The summed E-state index contributed by atoms with van der Waals surface area (Å²) in [6.45, 7) is 0. The Labute approximate surface area is 130 Å². The van der Waals surface area contributed by atoms with Gasteiger partial charge in [-0.2, -0.15) is 0 Å². The molecule has 23 heavy (non-hydrogen) atoms. The Bertz CT molecular complexity index is 850. The molecule has 10 nitrogen and oxygen atoms in total. The maximum Gasteiger partial charge on any atom is 0.356 e. The minimum Gasteiger partial charge on any atom is -0.476 e. The van der Waals surface area contributed by atoms with Crippen LogP contribution in [0.1, 0.15) is 21.0 Å². The van der Waals surface area contributed by atoms with Crippen LogP contribution in [0.3, 0.4) is 0 Å². The highest BCUT2D eigenvalue weighted by Gasteiger charge is 2.19. The second kappa shape index (κ2) is 6.37. The number of carboxylic acids is 1. The lowest BCUT2D eigenvalue weighted by Gasteiger charge is -2.09. The van der Waals surface area contributed by atoms with E-state index in [1.807, 2.05) is 0 Å². The number of carbonyl (C=O) groups is 2. The molecule has 0 aliphatic rings. The Morgan fingerprint density at radius 2 is 1.61 bits per heavy atom. The van der Waals surface area contributed by atoms with Crippen LogP contribution < -0.4 is 16.0 Å². The van der Waals surface area contributed by atoms with Crippen LogP contribution in [0.2, 0.25) is 0 Å². The highest BCUT2D eigenvalue weighted by Crippen LogP contribution is 2.12. The molecule has 0 aliphatic heterocycles. The molecule has 0 bridgehead atoms. The van der Waals surface area contributed by atoms with Crippen LogP contribution >= 0.6 is 0 Å². The number of hydrogen-bond donors (Lipinski definition) is 4. The summed E-state index contributed by atoms with van der Waals surface area (Å²) in [6.07, 6.45) is 2.34. The van der Waals surface area contributed by atoms with Gasteiger partial charge in [-0.15, -0.1) is 0 Å². The first-order valence-electron chi connectivity index (χ1n) is 6.02. The quantitative estimate of drug-likeness (QED) is 0.534. The van der Waals surface area contributed by atoms with Gasteiger partial charge in [0.1, 0.15) is 0 Å². The van der Waals surface area contributed by atoms with Gasteiger partial charge in [0, 0.05) is 12.4 Å². The molecule has 0 atom stereocenters. The largest absolute Gasteiger partial charge is 0.476 e. The second-order valence-electron chi connectivity index (χ2n) is 4.21. The lowest BCUT2D eigenvalue weighted by Crippen LogP contribution is -2.31. The molecule has 0 unspecified atom stereocenters. The first kappa shape index (κ1) is 16.3. The first-order valence-corrected chi connectivity index (χ1v) is 7.57. The summed E-state index contributed by atoms with van der Waals surface area (Å²) < 4.78 is 22.2. The molecule has 0 radical (unpaired) electrons. The number of nitrogens with one attached hydrogen (secondary N) is 2. The number of carboxylic acid groups (broad SMARTS) is 1. The van der Waals surface area contributed by atoms with E-state index < -0.39 is 27.6 Å². The Morgan fingerprint density at radius 1 is 1.04 bits per heavy atom. The zero-order valence-corrected chi connectivity index (χ0v) is 12.2. The van der Waals surface area contributed by atoms with Crippen LogP contribution in [0.4, 0.5) is 5.69 Å². The molecule has 0 aliphatic carbocycles. The normalized spacial score (nSPS) is 10.8. The fraction of sp³-hybridized carbons (Fsp3) is 0. The second-order valence-corrected chi connectivity index (χ2v) is 5.77. The summed E-state index contributed by atoms with van der Waals surface area (Å²) in [5.41, 5.74) is 4.22. The monoisotopic (exact) mass is 337 g/mol. The van der Waals surface area contributed by atoms with Gasteiger partial charge in [-0.25, -0.2) is 28.3 Å². The maximum absolute atomic E-state index is 11.9. The number of rotatable bonds is 5. The third-order valence-corrected chi connectivity index (χ3v) is 3.55. The number of aromatic nitrogens is 2. The fourth-order valence-electron chi connectivity index (χ4n) is 1.58. The van der Waals surface area contributed by atoms with Crippen molar-refractivity contribution in [1.82, 2.24) is 15.4 Å². The smallest absolute Gasteiger partial charge is 0.356 e. The minimum atomic E-state index is -3.81. The molecule has 5 N–H and O–H groups in total. The summed E-state index contributed by atoms with van der Waals surface area (Å²) in [6, 6.07) is 5.23. The summed E-state index contributed by atoms with van der Waals surface area (Å²) in [7, 11) is -3.81. The van der Waals surface area contributed by atoms with Crippen LogP contribution in [0.15, 0.2) is 41.6 Å². The Morgan fingerprint density at radius 3 is 2.13 bits per heavy atom. The lowest BCUT2D eigenvalue weighted by atomic mass is 10.3. The summed E-state index contributed by atoms with van der Waals surface area (Å²) >= 11 is 0.